The number of hydrogen-bond acceptors (Lipinski definition) is 4. The molecule has 38 heavy (non-hydrogen) atoms. The summed E-state index contributed by atoms with van der Waals surface area (Å²) in [5, 5.41) is 8.36. The van der Waals surface area contributed by atoms with Gasteiger partial charge in [-0.25, -0.2) is 4.68 Å². The van der Waals surface area contributed by atoms with Gasteiger partial charge in [-0.05, 0) is 93.2 Å². The topological polar surface area (TPSA) is 98.2 Å². The highest BCUT2D eigenvalue weighted by molar-refractivity contribution is 5.91. The van der Waals surface area contributed by atoms with Crippen molar-refractivity contribution in [2.75, 3.05) is 26.2 Å². The molecule has 8 heteroatoms. The Balaban J connectivity index is 1.19. The normalized spacial score (nSPS) is 14.7. The predicted molar refractivity (Wildman–Crippen MR) is 150 cm³/mol. The van der Waals surface area contributed by atoms with E-state index in [1.807, 2.05) is 13.0 Å². The molecule has 1 saturated heterocycles. The standard InChI is InChI=1S/C30H36N6O2/c1-21-18-28(30(31)38)33-36(21)27-8-9-29-26(19-27)12-17-35(29)20-23-4-6-24(7-5-23)25-10-15-34(16-11-25)14-3-13-32-22(2)37/h4-9,12,17-19,25H,3,10-11,13-16,20H2,1-2H3,(H2,31,38)(H,32,37). The SMILES string of the molecule is CC(=O)NCCCN1CCC(c2ccc(Cn3ccc4cc(-n5nc(C(N)=O)cc5C)ccc43)cc2)CC1. The molecule has 0 bridgehead atoms. The molecule has 2 aromatic carbocycles. The Morgan fingerprint density at radius 1 is 1.05 bits per heavy atom. The summed E-state index contributed by atoms with van der Waals surface area (Å²) in [5.74, 6) is 0.140. The van der Waals surface area contributed by atoms with Gasteiger partial charge in [-0.3, -0.25) is 9.59 Å². The fourth-order valence-electron chi connectivity index (χ4n) is 5.46. The molecule has 0 radical (unpaired) electrons. The van der Waals surface area contributed by atoms with Gasteiger partial charge >= 0.3 is 0 Å². The van der Waals surface area contributed by atoms with Gasteiger partial charge in [0.15, 0.2) is 5.69 Å². The van der Waals surface area contributed by atoms with E-state index in [0.717, 1.165) is 61.4 Å². The number of nitrogens with zero attached hydrogens (tertiary/aromatic N) is 4. The van der Waals surface area contributed by atoms with Crippen LogP contribution in [0.1, 0.15) is 59.4 Å². The lowest BCUT2D eigenvalue weighted by Gasteiger charge is -2.32. The van der Waals surface area contributed by atoms with E-state index in [1.165, 1.54) is 24.0 Å². The monoisotopic (exact) mass is 512 g/mol. The van der Waals surface area contributed by atoms with E-state index < -0.39 is 5.91 Å². The molecular formula is C30H36N6O2. The van der Waals surface area contributed by atoms with Crippen molar-refractivity contribution >= 4 is 22.7 Å². The smallest absolute Gasteiger partial charge is 0.269 e. The number of nitrogens with two attached hydrogens (primary N) is 1. The fourth-order valence-corrected chi connectivity index (χ4v) is 5.46. The molecule has 0 atom stereocenters. The predicted octanol–water partition coefficient (Wildman–Crippen LogP) is 3.99. The lowest BCUT2D eigenvalue weighted by molar-refractivity contribution is -0.118. The van der Waals surface area contributed by atoms with Crippen LogP contribution in [0.25, 0.3) is 16.6 Å². The summed E-state index contributed by atoms with van der Waals surface area (Å²) in [7, 11) is 0. The van der Waals surface area contributed by atoms with E-state index in [4.69, 9.17) is 5.73 Å². The number of aryl methyl sites for hydroxylation is 1. The number of carbonyl (C=O) groups is 2. The third kappa shape index (κ3) is 5.81. The van der Waals surface area contributed by atoms with Crippen molar-refractivity contribution in [2.45, 2.75) is 45.6 Å². The molecule has 5 rings (SSSR count). The number of primary amides is 1. The second-order valence-electron chi connectivity index (χ2n) is 10.3. The van der Waals surface area contributed by atoms with Gasteiger partial charge in [0.05, 0.1) is 5.69 Å². The van der Waals surface area contributed by atoms with Crippen LogP contribution in [0.5, 0.6) is 0 Å². The second kappa shape index (κ2) is 11.2. The molecule has 3 N–H and O–H groups in total. The van der Waals surface area contributed by atoms with Crippen molar-refractivity contribution in [1.29, 1.82) is 0 Å². The first-order valence-corrected chi connectivity index (χ1v) is 13.4. The van der Waals surface area contributed by atoms with E-state index in [-0.39, 0.29) is 11.6 Å². The molecule has 0 aliphatic carbocycles. The minimum atomic E-state index is -0.522. The molecule has 0 spiro atoms. The highest BCUT2D eigenvalue weighted by Gasteiger charge is 2.20. The van der Waals surface area contributed by atoms with Gasteiger partial charge < -0.3 is 20.5 Å². The number of rotatable bonds is 9. The van der Waals surface area contributed by atoms with Crippen LogP contribution in [-0.2, 0) is 11.3 Å². The molecule has 0 unspecified atom stereocenters. The average Bonchev–Trinajstić information content (AvgIpc) is 3.50. The van der Waals surface area contributed by atoms with Crippen LogP contribution in [0, 0.1) is 6.92 Å². The minimum absolute atomic E-state index is 0.0492. The number of aromatic nitrogens is 3. The molecule has 3 heterocycles. The Kier molecular flexibility index (Phi) is 7.60. The molecule has 4 aromatic rings. The minimum Gasteiger partial charge on any atom is -0.364 e. The Hall–Kier alpha value is -3.91. The van der Waals surface area contributed by atoms with Gasteiger partial charge in [-0.15, -0.1) is 0 Å². The Labute approximate surface area is 223 Å². The van der Waals surface area contributed by atoms with Gasteiger partial charge in [-0.2, -0.15) is 5.10 Å². The number of piperidine rings is 1. The third-order valence-electron chi connectivity index (χ3n) is 7.56. The Morgan fingerprint density at radius 2 is 1.82 bits per heavy atom. The molecule has 1 aliphatic heterocycles. The number of fused-ring (bicyclic) bond motifs is 1. The van der Waals surface area contributed by atoms with E-state index in [9.17, 15) is 9.59 Å². The summed E-state index contributed by atoms with van der Waals surface area (Å²) in [6.07, 6.45) is 5.49. The first-order chi connectivity index (χ1) is 18.4. The third-order valence-corrected chi connectivity index (χ3v) is 7.56. The zero-order valence-corrected chi connectivity index (χ0v) is 22.2. The first-order valence-electron chi connectivity index (χ1n) is 13.4. The van der Waals surface area contributed by atoms with Crippen LogP contribution in [0.15, 0.2) is 60.8 Å². The summed E-state index contributed by atoms with van der Waals surface area (Å²) < 4.78 is 4.02. The highest BCUT2D eigenvalue weighted by atomic mass is 16.1. The molecule has 1 aliphatic rings. The summed E-state index contributed by atoms with van der Waals surface area (Å²) in [6.45, 7) is 8.34. The quantitative estimate of drug-likeness (QED) is 0.331. The lowest BCUT2D eigenvalue weighted by atomic mass is 9.89. The Bertz CT molecular complexity index is 1430. The van der Waals surface area contributed by atoms with Crippen molar-refractivity contribution in [1.82, 2.24) is 24.6 Å². The van der Waals surface area contributed by atoms with E-state index >= 15 is 0 Å². The molecule has 0 saturated carbocycles. The molecule has 2 amide bonds. The zero-order valence-electron chi connectivity index (χ0n) is 22.2. The van der Waals surface area contributed by atoms with Gasteiger partial charge in [0.25, 0.3) is 5.91 Å². The van der Waals surface area contributed by atoms with E-state index in [2.05, 4.69) is 68.5 Å². The number of amides is 2. The molecule has 198 valence electrons. The lowest BCUT2D eigenvalue weighted by Crippen LogP contribution is -2.35. The largest absolute Gasteiger partial charge is 0.364 e. The van der Waals surface area contributed by atoms with Crippen molar-refractivity contribution in [3.8, 4) is 5.69 Å². The van der Waals surface area contributed by atoms with E-state index in [0.29, 0.717) is 5.92 Å². The van der Waals surface area contributed by atoms with Crippen molar-refractivity contribution in [3.05, 3.63) is 83.3 Å². The summed E-state index contributed by atoms with van der Waals surface area (Å²) in [6, 6.07) is 19.2. The summed E-state index contributed by atoms with van der Waals surface area (Å²) in [5.41, 5.74) is 11.3. The van der Waals surface area contributed by atoms with E-state index in [1.54, 1.807) is 17.7 Å². The van der Waals surface area contributed by atoms with Gasteiger partial charge in [-0.1, -0.05) is 24.3 Å². The maximum atomic E-state index is 11.5. The molecular weight excluding hydrogens is 476 g/mol. The number of carbonyl (C=O) groups excluding carboxylic acids is 2. The van der Waals surface area contributed by atoms with Crippen LogP contribution in [0.4, 0.5) is 0 Å². The second-order valence-corrected chi connectivity index (χ2v) is 10.3. The van der Waals surface area contributed by atoms with Crippen molar-refractivity contribution in [2.24, 2.45) is 5.73 Å². The number of likely N-dealkylation sites (tertiary alicyclic amines) is 1. The molecule has 1 fully saturated rings. The fraction of sp³-hybridized carbons (Fsp3) is 0.367. The maximum absolute atomic E-state index is 11.5. The molecule has 8 nitrogen and oxygen atoms in total. The van der Waals surface area contributed by atoms with Gasteiger partial charge in [0.1, 0.15) is 0 Å². The zero-order chi connectivity index (χ0) is 26.6. The summed E-state index contributed by atoms with van der Waals surface area (Å²) >= 11 is 0. The summed E-state index contributed by atoms with van der Waals surface area (Å²) in [4.78, 5) is 25.0. The van der Waals surface area contributed by atoms with Crippen molar-refractivity contribution < 1.29 is 9.59 Å². The highest BCUT2D eigenvalue weighted by Crippen LogP contribution is 2.29. The Morgan fingerprint density at radius 3 is 2.50 bits per heavy atom. The van der Waals surface area contributed by atoms with Crippen LogP contribution >= 0.6 is 0 Å². The van der Waals surface area contributed by atoms with Gasteiger partial charge in [0.2, 0.25) is 5.91 Å². The van der Waals surface area contributed by atoms with Crippen LogP contribution in [-0.4, -0.2) is 57.2 Å². The number of benzene rings is 2. The number of nitrogens with one attached hydrogen (secondary N) is 1. The van der Waals surface area contributed by atoms with Gasteiger partial charge in [0, 0.05) is 42.8 Å². The molecule has 2 aromatic heterocycles. The van der Waals surface area contributed by atoms with Crippen LogP contribution < -0.4 is 11.1 Å². The number of hydrogen-bond donors (Lipinski definition) is 2. The van der Waals surface area contributed by atoms with Crippen LogP contribution in [0.3, 0.4) is 0 Å². The average molecular weight is 513 g/mol. The van der Waals surface area contributed by atoms with Crippen molar-refractivity contribution in [3.63, 3.8) is 0 Å². The van der Waals surface area contributed by atoms with Crippen LogP contribution in [0.2, 0.25) is 0 Å². The maximum Gasteiger partial charge on any atom is 0.269 e. The first kappa shape index (κ1) is 25.7.